The Balaban J connectivity index is 1.59. The van der Waals surface area contributed by atoms with Crippen LogP contribution in [0.2, 0.25) is 0 Å². The molecule has 3 fully saturated rings. The molecule has 2 aromatic carbocycles. The van der Waals surface area contributed by atoms with Crippen LogP contribution >= 0.6 is 0 Å². The topological polar surface area (TPSA) is 12.9 Å². The van der Waals surface area contributed by atoms with E-state index in [1.54, 1.807) is 11.1 Å². The minimum absolute atomic E-state index is 0.00157. The van der Waals surface area contributed by atoms with Crippen molar-refractivity contribution in [2.75, 3.05) is 0 Å². The maximum absolute atomic E-state index is 4.70. The third-order valence-electron chi connectivity index (χ3n) is 8.27. The van der Waals surface area contributed by atoms with Crippen LogP contribution in [0.1, 0.15) is 69.1 Å². The lowest BCUT2D eigenvalue weighted by Gasteiger charge is -2.48. The summed E-state index contributed by atoms with van der Waals surface area (Å²) in [6, 6.07) is 20.2. The fraction of sp³-hybridized carbons (Fsp3) is 0.393. The van der Waals surface area contributed by atoms with Gasteiger partial charge in [-0.1, -0.05) is 56.3 Å². The van der Waals surface area contributed by atoms with Crippen LogP contribution in [-0.4, -0.2) is 4.98 Å². The maximum Gasteiger partial charge on any atom is 0.0705 e. The van der Waals surface area contributed by atoms with E-state index in [9.17, 15) is 0 Å². The van der Waals surface area contributed by atoms with E-state index in [0.29, 0.717) is 5.41 Å². The molecule has 0 spiro atoms. The van der Waals surface area contributed by atoms with Crippen LogP contribution in [0.25, 0.3) is 22.4 Å². The molecule has 0 N–H and O–H groups in total. The molecule has 1 heterocycles. The number of nitrogens with zero attached hydrogens (tertiary/aromatic N) is 1. The van der Waals surface area contributed by atoms with Crippen LogP contribution in [0.15, 0.2) is 60.8 Å². The molecule has 3 saturated carbocycles. The molecule has 29 heavy (non-hydrogen) atoms. The van der Waals surface area contributed by atoms with Gasteiger partial charge in [0.2, 0.25) is 0 Å². The Morgan fingerprint density at radius 3 is 2.07 bits per heavy atom. The van der Waals surface area contributed by atoms with Gasteiger partial charge < -0.3 is 0 Å². The van der Waals surface area contributed by atoms with Gasteiger partial charge in [-0.2, -0.15) is 0 Å². The lowest BCUT2D eigenvalue weighted by Crippen LogP contribution is -2.39. The number of benzene rings is 2. The van der Waals surface area contributed by atoms with Gasteiger partial charge in [0.1, 0.15) is 0 Å². The first-order chi connectivity index (χ1) is 14.1. The van der Waals surface area contributed by atoms with Gasteiger partial charge in [-0.25, -0.2) is 0 Å². The molecule has 0 atom stereocenters. The molecule has 3 aromatic rings. The second kappa shape index (κ2) is 6.05. The molecule has 146 valence electrons. The second-order valence-corrected chi connectivity index (χ2v) is 10.1. The lowest BCUT2D eigenvalue weighted by molar-refractivity contribution is 0.134. The summed E-state index contributed by atoms with van der Waals surface area (Å²) in [6.45, 7) is 4.89. The molecule has 0 aliphatic heterocycles. The van der Waals surface area contributed by atoms with E-state index in [1.165, 1.54) is 60.8 Å². The molecule has 0 unspecified atom stereocenters. The Labute approximate surface area is 174 Å². The van der Waals surface area contributed by atoms with Gasteiger partial charge in [0, 0.05) is 17.2 Å². The average molecular weight is 380 g/mol. The monoisotopic (exact) mass is 379 g/mol. The van der Waals surface area contributed by atoms with Gasteiger partial charge in [-0.3, -0.25) is 4.98 Å². The SMILES string of the molecule is CC1(C)c2c(-c3ccccn3)cccc2-c2cccc(C34CCC(CC3)CC4)c21. The van der Waals surface area contributed by atoms with Crippen LogP contribution in [-0.2, 0) is 10.8 Å². The molecule has 2 bridgehead atoms. The average Bonchev–Trinajstić information content (AvgIpc) is 3.03. The van der Waals surface area contributed by atoms with Crippen molar-refractivity contribution in [3.8, 4) is 22.4 Å². The highest BCUT2D eigenvalue weighted by Crippen LogP contribution is 2.59. The molecule has 7 rings (SSSR count). The predicted octanol–water partition coefficient (Wildman–Crippen LogP) is 7.28. The van der Waals surface area contributed by atoms with Crippen LogP contribution in [0.5, 0.6) is 0 Å². The molecule has 1 aromatic heterocycles. The first kappa shape index (κ1) is 17.4. The van der Waals surface area contributed by atoms with Crippen LogP contribution < -0.4 is 0 Å². The van der Waals surface area contributed by atoms with Crippen molar-refractivity contribution in [3.05, 3.63) is 77.5 Å². The van der Waals surface area contributed by atoms with Crippen LogP contribution in [0.4, 0.5) is 0 Å². The van der Waals surface area contributed by atoms with Crippen molar-refractivity contribution < 1.29 is 0 Å². The van der Waals surface area contributed by atoms with E-state index in [4.69, 9.17) is 4.98 Å². The smallest absolute Gasteiger partial charge is 0.0705 e. The van der Waals surface area contributed by atoms with Gasteiger partial charge in [0.05, 0.1) is 5.69 Å². The molecule has 1 nitrogen and oxygen atoms in total. The number of hydrogen-bond acceptors (Lipinski definition) is 1. The van der Waals surface area contributed by atoms with Crippen molar-refractivity contribution in [1.29, 1.82) is 0 Å². The van der Waals surface area contributed by atoms with Crippen molar-refractivity contribution >= 4 is 0 Å². The zero-order valence-corrected chi connectivity index (χ0v) is 17.5. The van der Waals surface area contributed by atoms with Gasteiger partial charge in [0.25, 0.3) is 0 Å². The Morgan fingerprint density at radius 2 is 1.38 bits per heavy atom. The van der Waals surface area contributed by atoms with E-state index in [-0.39, 0.29) is 5.41 Å². The Hall–Kier alpha value is -2.41. The standard InChI is InChI=1S/C28H29N/c1-27(2)25-20(7-5-9-22(25)24-11-3-4-18-29-24)21-8-6-10-23(26(21)27)28-15-12-19(13-16-28)14-17-28/h3-11,18-19H,12-17H2,1-2H3. The summed E-state index contributed by atoms with van der Waals surface area (Å²) in [4.78, 5) is 4.70. The quantitative estimate of drug-likeness (QED) is 0.456. The third-order valence-corrected chi connectivity index (χ3v) is 8.27. The molecule has 0 radical (unpaired) electrons. The van der Waals surface area contributed by atoms with Crippen molar-refractivity contribution in [2.45, 2.75) is 63.2 Å². The third kappa shape index (κ3) is 2.37. The molecule has 0 saturated heterocycles. The zero-order chi connectivity index (χ0) is 19.6. The van der Waals surface area contributed by atoms with E-state index in [1.807, 2.05) is 12.3 Å². The van der Waals surface area contributed by atoms with Gasteiger partial charge >= 0.3 is 0 Å². The van der Waals surface area contributed by atoms with Gasteiger partial charge in [0.15, 0.2) is 0 Å². The highest BCUT2D eigenvalue weighted by molar-refractivity contribution is 5.88. The molecular weight excluding hydrogens is 350 g/mol. The highest BCUT2D eigenvalue weighted by Gasteiger charge is 2.47. The summed E-state index contributed by atoms with van der Waals surface area (Å²) in [5.74, 6) is 0.995. The van der Waals surface area contributed by atoms with E-state index in [0.717, 1.165) is 11.6 Å². The van der Waals surface area contributed by atoms with E-state index < -0.39 is 0 Å². The minimum atomic E-state index is -0.00157. The van der Waals surface area contributed by atoms with Crippen molar-refractivity contribution in [2.24, 2.45) is 5.92 Å². The van der Waals surface area contributed by atoms with Gasteiger partial charge in [-0.15, -0.1) is 0 Å². The zero-order valence-electron chi connectivity index (χ0n) is 17.5. The Kier molecular flexibility index (Phi) is 3.64. The number of rotatable bonds is 2. The highest BCUT2D eigenvalue weighted by atomic mass is 14.7. The largest absolute Gasteiger partial charge is 0.256 e. The number of pyridine rings is 1. The van der Waals surface area contributed by atoms with Crippen LogP contribution in [0, 0.1) is 5.92 Å². The summed E-state index contributed by atoms with van der Waals surface area (Å²) < 4.78 is 0. The normalized spacial score (nSPS) is 26.2. The first-order valence-electron chi connectivity index (χ1n) is 11.3. The molecule has 0 amide bonds. The predicted molar refractivity (Wildman–Crippen MR) is 120 cm³/mol. The van der Waals surface area contributed by atoms with Crippen molar-refractivity contribution in [3.63, 3.8) is 0 Å². The number of hydrogen-bond donors (Lipinski definition) is 0. The second-order valence-electron chi connectivity index (χ2n) is 10.1. The molecule has 4 aliphatic carbocycles. The molecular formula is C28H29N. The maximum atomic E-state index is 4.70. The fourth-order valence-corrected chi connectivity index (χ4v) is 6.86. The number of aromatic nitrogens is 1. The summed E-state index contributed by atoms with van der Waals surface area (Å²) in [5.41, 5.74) is 10.4. The first-order valence-corrected chi connectivity index (χ1v) is 11.3. The summed E-state index contributed by atoms with van der Waals surface area (Å²) >= 11 is 0. The Morgan fingerprint density at radius 1 is 0.724 bits per heavy atom. The van der Waals surface area contributed by atoms with E-state index >= 15 is 0 Å². The van der Waals surface area contributed by atoms with Crippen LogP contribution in [0.3, 0.4) is 0 Å². The lowest BCUT2D eigenvalue weighted by atomic mass is 9.56. The summed E-state index contributed by atoms with van der Waals surface area (Å²) in [6.07, 6.45) is 10.3. The summed E-state index contributed by atoms with van der Waals surface area (Å²) in [5, 5.41) is 0. The van der Waals surface area contributed by atoms with Gasteiger partial charge in [-0.05, 0) is 89.8 Å². The molecule has 4 aliphatic rings. The summed E-state index contributed by atoms with van der Waals surface area (Å²) in [7, 11) is 0. The van der Waals surface area contributed by atoms with Crippen molar-refractivity contribution in [1.82, 2.24) is 4.98 Å². The minimum Gasteiger partial charge on any atom is -0.256 e. The molecule has 1 heteroatoms. The Bertz CT molecular complexity index is 1070. The fourth-order valence-electron chi connectivity index (χ4n) is 6.86. The number of fused-ring (bicyclic) bond motifs is 6. The van der Waals surface area contributed by atoms with E-state index in [2.05, 4.69) is 62.4 Å².